The maximum atomic E-state index is 13.4. The van der Waals surface area contributed by atoms with Crippen LogP contribution in [0.15, 0.2) is 54.3 Å². The third kappa shape index (κ3) is 4.75. The van der Waals surface area contributed by atoms with Crippen molar-refractivity contribution in [2.75, 3.05) is 13.6 Å². The fraction of sp³-hybridized carbons (Fsp3) is 0.500. The van der Waals surface area contributed by atoms with Crippen molar-refractivity contribution in [2.24, 2.45) is 0 Å². The van der Waals surface area contributed by atoms with Crippen molar-refractivity contribution < 1.29 is 43.2 Å². The van der Waals surface area contributed by atoms with Crippen molar-refractivity contribution in [2.45, 2.75) is 94.9 Å². The number of aryl methyl sites for hydroxylation is 1. The van der Waals surface area contributed by atoms with Gasteiger partial charge in [-0.05, 0) is 78.3 Å². The second-order valence-electron chi connectivity index (χ2n) is 13.3. The van der Waals surface area contributed by atoms with Crippen LogP contribution in [0.3, 0.4) is 0 Å². The Kier molecular flexibility index (Phi) is 7.28. The molecule has 44 heavy (non-hydrogen) atoms. The van der Waals surface area contributed by atoms with E-state index in [1.165, 1.54) is 6.92 Å². The highest BCUT2D eigenvalue weighted by Gasteiger charge is 2.71. The first-order valence-corrected chi connectivity index (χ1v) is 15.0. The molecule has 2 aromatic rings. The highest BCUT2D eigenvalue weighted by Crippen LogP contribution is 2.64. The van der Waals surface area contributed by atoms with Crippen LogP contribution >= 0.6 is 0 Å². The number of likely N-dealkylation sites (tertiary alicyclic amines) is 1. The average molecular weight is 606 g/mol. The molecule has 6 rings (SSSR count). The second-order valence-corrected chi connectivity index (χ2v) is 13.3. The van der Waals surface area contributed by atoms with E-state index in [9.17, 15) is 19.5 Å². The predicted octanol–water partition coefficient (Wildman–Crippen LogP) is 4.44. The van der Waals surface area contributed by atoms with E-state index >= 15 is 0 Å². The first kappa shape index (κ1) is 30.1. The molecule has 0 amide bonds. The van der Waals surface area contributed by atoms with Crippen LogP contribution in [0.5, 0.6) is 5.75 Å². The largest absolute Gasteiger partial charge is 0.509 e. The smallest absolute Gasteiger partial charge is 0.481 e. The van der Waals surface area contributed by atoms with Gasteiger partial charge in [0.15, 0.2) is 12.2 Å². The molecule has 1 saturated heterocycles. The first-order chi connectivity index (χ1) is 20.7. The van der Waals surface area contributed by atoms with E-state index in [4.69, 9.17) is 23.7 Å². The number of likely N-dealkylation sites (N-methyl/N-ethyl adjacent to an activating group) is 1. The summed E-state index contributed by atoms with van der Waals surface area (Å²) < 4.78 is 28.5. The molecule has 10 nitrogen and oxygen atoms in total. The van der Waals surface area contributed by atoms with Crippen molar-refractivity contribution >= 4 is 18.1 Å². The van der Waals surface area contributed by atoms with Gasteiger partial charge in [-0.25, -0.2) is 14.4 Å². The van der Waals surface area contributed by atoms with Gasteiger partial charge in [-0.1, -0.05) is 42.5 Å². The van der Waals surface area contributed by atoms with Crippen LogP contribution in [0.2, 0.25) is 0 Å². The molecule has 234 valence electrons. The van der Waals surface area contributed by atoms with Gasteiger partial charge in [0.05, 0.1) is 11.0 Å². The SMILES string of the molecule is Cc1ccc2c3c1O[C@H]1C(OC(=O)[C@H](C)OC(=O)[C@@H](OC(=O)OC(C)(C)C)c4ccccc4)=CC[C@@]4(O)[C@@H](C2)N(C)CC[C@]314. The number of aliphatic hydroxyl groups is 1. The Hall–Kier alpha value is -3.89. The Bertz CT molecular complexity index is 1530. The lowest BCUT2D eigenvalue weighted by Crippen LogP contribution is -2.74. The molecule has 10 heteroatoms. The standard InChI is InChI=1S/C34H39NO9/c1-19-12-13-22-18-24-34(39)15-14-23(28-33(34,16-17-35(24)6)25(22)26(19)42-28)41-29(36)20(2)40-30(37)27(21-10-8-7-9-11-21)43-31(38)44-32(3,4)5/h7-14,20,24,27-28,39H,15-18H2,1-6H3/t20-,24+,27-,28-,33-,34+/m0/s1. The summed E-state index contributed by atoms with van der Waals surface area (Å²) in [5.74, 6) is -0.735. The van der Waals surface area contributed by atoms with E-state index in [2.05, 4.69) is 11.0 Å². The van der Waals surface area contributed by atoms with Gasteiger partial charge in [-0.2, -0.15) is 0 Å². The number of piperidine rings is 1. The summed E-state index contributed by atoms with van der Waals surface area (Å²) in [5, 5.41) is 12.3. The summed E-state index contributed by atoms with van der Waals surface area (Å²) in [4.78, 5) is 41.4. The number of nitrogens with zero attached hydrogens (tertiary/aromatic N) is 1. The number of hydrogen-bond acceptors (Lipinski definition) is 10. The van der Waals surface area contributed by atoms with E-state index in [1.54, 1.807) is 57.2 Å². The lowest BCUT2D eigenvalue weighted by molar-refractivity contribution is -0.178. The fourth-order valence-corrected chi connectivity index (χ4v) is 7.32. The minimum atomic E-state index is -1.46. The van der Waals surface area contributed by atoms with E-state index < -0.39 is 53.0 Å². The summed E-state index contributed by atoms with van der Waals surface area (Å²) in [5.41, 5.74) is 0.746. The molecule has 0 saturated carbocycles. The van der Waals surface area contributed by atoms with Gasteiger partial charge < -0.3 is 33.7 Å². The maximum Gasteiger partial charge on any atom is 0.509 e. The molecule has 2 heterocycles. The quantitative estimate of drug-likeness (QED) is 0.374. The third-order valence-electron chi connectivity index (χ3n) is 9.33. The van der Waals surface area contributed by atoms with Crippen LogP contribution in [-0.2, 0) is 40.4 Å². The Morgan fingerprint density at radius 1 is 1.07 bits per heavy atom. The zero-order valence-corrected chi connectivity index (χ0v) is 25.9. The van der Waals surface area contributed by atoms with E-state index in [0.29, 0.717) is 24.2 Å². The van der Waals surface area contributed by atoms with Gasteiger partial charge in [-0.3, -0.25) is 0 Å². The van der Waals surface area contributed by atoms with Gasteiger partial charge in [0.1, 0.15) is 17.1 Å². The molecule has 6 atom stereocenters. The van der Waals surface area contributed by atoms with E-state index in [0.717, 1.165) is 29.0 Å². The topological polar surface area (TPSA) is 121 Å². The summed E-state index contributed by atoms with van der Waals surface area (Å²) in [6.07, 6.45) is -1.22. The zero-order chi connectivity index (χ0) is 31.6. The normalized spacial score (nSPS) is 28.0. The van der Waals surface area contributed by atoms with Crippen LogP contribution < -0.4 is 4.74 Å². The van der Waals surface area contributed by atoms with Gasteiger partial charge >= 0.3 is 18.1 Å². The third-order valence-corrected chi connectivity index (χ3v) is 9.33. The molecular formula is C34H39NO9. The maximum absolute atomic E-state index is 13.4. The average Bonchev–Trinajstić information content (AvgIpc) is 3.32. The van der Waals surface area contributed by atoms with Gasteiger partial charge in [0.25, 0.3) is 0 Å². The van der Waals surface area contributed by atoms with Crippen LogP contribution in [0.4, 0.5) is 4.79 Å². The molecule has 2 aliphatic heterocycles. The summed E-state index contributed by atoms with van der Waals surface area (Å²) >= 11 is 0. The monoisotopic (exact) mass is 605 g/mol. The number of carbonyl (C=O) groups is 3. The molecule has 0 radical (unpaired) electrons. The second kappa shape index (κ2) is 10.6. The van der Waals surface area contributed by atoms with Crippen LogP contribution in [0, 0.1) is 6.92 Å². The Morgan fingerprint density at radius 3 is 2.50 bits per heavy atom. The number of hydrogen-bond donors (Lipinski definition) is 1. The minimum Gasteiger partial charge on any atom is -0.481 e. The molecule has 0 unspecified atom stereocenters. The van der Waals surface area contributed by atoms with Crippen molar-refractivity contribution in [3.63, 3.8) is 0 Å². The van der Waals surface area contributed by atoms with Crippen molar-refractivity contribution in [3.8, 4) is 5.75 Å². The number of esters is 2. The molecule has 1 N–H and O–H groups in total. The zero-order valence-electron chi connectivity index (χ0n) is 25.9. The fourth-order valence-electron chi connectivity index (χ4n) is 7.32. The number of benzene rings is 2. The van der Waals surface area contributed by atoms with Gasteiger partial charge in [0, 0.05) is 23.6 Å². The Labute approximate surface area is 256 Å². The molecule has 2 aromatic carbocycles. The lowest BCUT2D eigenvalue weighted by Gasteiger charge is -2.61. The number of rotatable bonds is 6. The predicted molar refractivity (Wildman–Crippen MR) is 158 cm³/mol. The molecular weight excluding hydrogens is 566 g/mol. The summed E-state index contributed by atoms with van der Waals surface area (Å²) in [6, 6.07) is 12.4. The molecule has 1 spiro atoms. The van der Waals surface area contributed by atoms with Crippen LogP contribution in [0.1, 0.15) is 68.9 Å². The van der Waals surface area contributed by atoms with Gasteiger partial charge in [-0.15, -0.1) is 0 Å². The molecule has 4 aliphatic rings. The Morgan fingerprint density at radius 2 is 1.80 bits per heavy atom. The lowest BCUT2D eigenvalue weighted by atomic mass is 9.50. The van der Waals surface area contributed by atoms with Crippen molar-refractivity contribution in [3.05, 3.63) is 76.6 Å². The minimum absolute atomic E-state index is 0.114. The molecule has 2 bridgehead atoms. The first-order valence-electron chi connectivity index (χ1n) is 15.0. The Balaban J connectivity index is 1.22. The number of ether oxygens (including phenoxy) is 5. The highest BCUT2D eigenvalue weighted by molar-refractivity contribution is 5.83. The van der Waals surface area contributed by atoms with E-state index in [1.807, 2.05) is 20.0 Å². The van der Waals surface area contributed by atoms with Crippen molar-refractivity contribution in [1.29, 1.82) is 0 Å². The van der Waals surface area contributed by atoms with Crippen LogP contribution in [0.25, 0.3) is 0 Å². The van der Waals surface area contributed by atoms with Crippen LogP contribution in [-0.4, -0.2) is 71.1 Å². The van der Waals surface area contributed by atoms with E-state index in [-0.39, 0.29) is 12.5 Å². The molecule has 1 fully saturated rings. The highest BCUT2D eigenvalue weighted by atomic mass is 16.7. The summed E-state index contributed by atoms with van der Waals surface area (Å²) in [7, 11) is 2.03. The molecule has 0 aromatic heterocycles. The molecule has 2 aliphatic carbocycles. The van der Waals surface area contributed by atoms with Crippen molar-refractivity contribution in [1.82, 2.24) is 4.90 Å². The summed E-state index contributed by atoms with van der Waals surface area (Å²) in [6.45, 7) is 9.16. The van der Waals surface area contributed by atoms with Gasteiger partial charge in [0.2, 0.25) is 6.10 Å². The number of carbonyl (C=O) groups excluding carboxylic acids is 3.